The fourth-order valence-electron chi connectivity index (χ4n) is 1.58. The Morgan fingerprint density at radius 1 is 1.53 bits per heavy atom. The standard InChI is InChI=1S/C13H16O4/c1-9(14)5-10-3-4-11(6-13(10)15-2)16-7-12-8-17-12/h3-4,6,12H,5,7-8H2,1-2H3. The molecule has 4 heteroatoms. The molecule has 1 saturated heterocycles. The molecule has 0 aliphatic carbocycles. The second-order valence-electron chi connectivity index (χ2n) is 4.12. The zero-order chi connectivity index (χ0) is 12.3. The van der Waals surface area contributed by atoms with E-state index in [0.29, 0.717) is 18.8 Å². The third-order valence-electron chi connectivity index (χ3n) is 2.54. The second kappa shape index (κ2) is 5.19. The number of ether oxygens (including phenoxy) is 3. The Labute approximate surface area is 100 Å². The zero-order valence-corrected chi connectivity index (χ0v) is 10.1. The molecule has 0 bridgehead atoms. The zero-order valence-electron chi connectivity index (χ0n) is 10.1. The molecule has 1 fully saturated rings. The molecule has 1 aliphatic heterocycles. The molecule has 1 heterocycles. The van der Waals surface area contributed by atoms with E-state index in [1.165, 1.54) is 0 Å². The van der Waals surface area contributed by atoms with Gasteiger partial charge in [0.25, 0.3) is 0 Å². The van der Waals surface area contributed by atoms with Gasteiger partial charge in [-0.1, -0.05) is 6.07 Å². The summed E-state index contributed by atoms with van der Waals surface area (Å²) >= 11 is 0. The predicted molar refractivity (Wildman–Crippen MR) is 62.6 cm³/mol. The molecule has 0 radical (unpaired) electrons. The molecule has 0 amide bonds. The van der Waals surface area contributed by atoms with E-state index in [4.69, 9.17) is 14.2 Å². The Balaban J connectivity index is 2.05. The molecule has 0 N–H and O–H groups in total. The first-order chi connectivity index (χ1) is 8.19. The van der Waals surface area contributed by atoms with Gasteiger partial charge in [0.15, 0.2) is 0 Å². The second-order valence-corrected chi connectivity index (χ2v) is 4.12. The quantitative estimate of drug-likeness (QED) is 0.704. The number of hydrogen-bond acceptors (Lipinski definition) is 4. The molecule has 4 nitrogen and oxygen atoms in total. The Bertz CT molecular complexity index is 410. The van der Waals surface area contributed by atoms with E-state index >= 15 is 0 Å². The third kappa shape index (κ3) is 3.46. The van der Waals surface area contributed by atoms with Crippen LogP contribution in [0.2, 0.25) is 0 Å². The van der Waals surface area contributed by atoms with Crippen molar-refractivity contribution < 1.29 is 19.0 Å². The summed E-state index contributed by atoms with van der Waals surface area (Å²) in [6.07, 6.45) is 0.618. The van der Waals surface area contributed by atoms with Gasteiger partial charge in [0, 0.05) is 18.1 Å². The highest BCUT2D eigenvalue weighted by Gasteiger charge is 2.23. The number of methoxy groups -OCH3 is 1. The molecule has 17 heavy (non-hydrogen) atoms. The van der Waals surface area contributed by atoms with Crippen LogP contribution in [0.5, 0.6) is 11.5 Å². The van der Waals surface area contributed by atoms with E-state index in [-0.39, 0.29) is 11.9 Å². The first kappa shape index (κ1) is 11.9. The maximum Gasteiger partial charge on any atom is 0.134 e. The fourth-order valence-corrected chi connectivity index (χ4v) is 1.58. The van der Waals surface area contributed by atoms with Gasteiger partial charge in [0.2, 0.25) is 0 Å². The van der Waals surface area contributed by atoms with Crippen molar-refractivity contribution in [1.82, 2.24) is 0 Å². The average Bonchev–Trinajstić information content (AvgIpc) is 3.11. The molecular formula is C13H16O4. The average molecular weight is 236 g/mol. The summed E-state index contributed by atoms with van der Waals surface area (Å²) in [5.41, 5.74) is 0.884. The van der Waals surface area contributed by atoms with Crippen molar-refractivity contribution in [2.24, 2.45) is 0 Å². The maximum atomic E-state index is 11.1. The van der Waals surface area contributed by atoms with Gasteiger partial charge in [0.05, 0.1) is 13.7 Å². The summed E-state index contributed by atoms with van der Waals surface area (Å²) in [5, 5.41) is 0. The summed E-state index contributed by atoms with van der Waals surface area (Å²) in [4.78, 5) is 11.1. The molecular weight excluding hydrogens is 220 g/mol. The molecule has 1 unspecified atom stereocenters. The van der Waals surface area contributed by atoms with Crippen LogP contribution in [0.3, 0.4) is 0 Å². The number of ketones is 1. The van der Waals surface area contributed by atoms with Gasteiger partial charge in [-0.15, -0.1) is 0 Å². The number of benzene rings is 1. The van der Waals surface area contributed by atoms with Crippen LogP contribution in [0.1, 0.15) is 12.5 Å². The van der Waals surface area contributed by atoms with Gasteiger partial charge in [-0.25, -0.2) is 0 Å². The van der Waals surface area contributed by atoms with Crippen LogP contribution in [0.15, 0.2) is 18.2 Å². The Morgan fingerprint density at radius 3 is 2.88 bits per heavy atom. The van der Waals surface area contributed by atoms with Crippen molar-refractivity contribution >= 4 is 5.78 Å². The van der Waals surface area contributed by atoms with E-state index in [9.17, 15) is 4.79 Å². The van der Waals surface area contributed by atoms with Crippen LogP contribution < -0.4 is 9.47 Å². The minimum atomic E-state index is 0.114. The van der Waals surface area contributed by atoms with E-state index in [1.807, 2.05) is 12.1 Å². The van der Waals surface area contributed by atoms with Gasteiger partial charge in [-0.3, -0.25) is 4.79 Å². The minimum absolute atomic E-state index is 0.114. The normalized spacial score (nSPS) is 17.6. The molecule has 1 aromatic rings. The van der Waals surface area contributed by atoms with E-state index in [2.05, 4.69) is 0 Å². The molecule has 1 atom stereocenters. The lowest BCUT2D eigenvalue weighted by Gasteiger charge is -2.10. The lowest BCUT2D eigenvalue weighted by atomic mass is 10.1. The number of rotatable bonds is 6. The van der Waals surface area contributed by atoms with Crippen LogP contribution in [-0.2, 0) is 16.0 Å². The summed E-state index contributed by atoms with van der Waals surface area (Å²) in [5.74, 6) is 1.54. The highest BCUT2D eigenvalue weighted by atomic mass is 16.6. The SMILES string of the molecule is COc1cc(OCC2CO2)ccc1CC(C)=O. The van der Waals surface area contributed by atoms with Gasteiger partial charge >= 0.3 is 0 Å². The Hall–Kier alpha value is -1.55. The van der Waals surface area contributed by atoms with Crippen molar-refractivity contribution in [3.63, 3.8) is 0 Å². The molecule has 0 spiro atoms. The van der Waals surface area contributed by atoms with Crippen LogP contribution >= 0.6 is 0 Å². The number of carbonyl (C=O) groups is 1. The molecule has 1 aliphatic rings. The van der Waals surface area contributed by atoms with Gasteiger partial charge in [-0.2, -0.15) is 0 Å². The van der Waals surface area contributed by atoms with Gasteiger partial charge < -0.3 is 14.2 Å². The van der Waals surface area contributed by atoms with Gasteiger partial charge in [0.1, 0.15) is 30.0 Å². The topological polar surface area (TPSA) is 48.1 Å². The van der Waals surface area contributed by atoms with E-state index in [0.717, 1.165) is 17.9 Å². The fraction of sp³-hybridized carbons (Fsp3) is 0.462. The van der Waals surface area contributed by atoms with Crippen molar-refractivity contribution in [1.29, 1.82) is 0 Å². The predicted octanol–water partition coefficient (Wildman–Crippen LogP) is 1.60. The first-order valence-electron chi connectivity index (χ1n) is 5.60. The van der Waals surface area contributed by atoms with Crippen molar-refractivity contribution in [3.05, 3.63) is 23.8 Å². The third-order valence-corrected chi connectivity index (χ3v) is 2.54. The van der Waals surface area contributed by atoms with Crippen molar-refractivity contribution in [2.75, 3.05) is 20.3 Å². The molecule has 0 saturated carbocycles. The number of epoxide rings is 1. The van der Waals surface area contributed by atoms with Crippen LogP contribution in [0.25, 0.3) is 0 Å². The minimum Gasteiger partial charge on any atom is -0.496 e. The van der Waals surface area contributed by atoms with Crippen molar-refractivity contribution in [3.8, 4) is 11.5 Å². The summed E-state index contributed by atoms with van der Waals surface area (Å²) in [6.45, 7) is 2.91. The van der Waals surface area contributed by atoms with Crippen molar-refractivity contribution in [2.45, 2.75) is 19.4 Å². The van der Waals surface area contributed by atoms with E-state index in [1.54, 1.807) is 20.1 Å². The Morgan fingerprint density at radius 2 is 2.29 bits per heavy atom. The number of Topliss-reactive ketones (excluding diaryl/α,β-unsaturated/α-hetero) is 1. The monoisotopic (exact) mass is 236 g/mol. The number of carbonyl (C=O) groups excluding carboxylic acids is 1. The lowest BCUT2D eigenvalue weighted by molar-refractivity contribution is -0.116. The summed E-state index contributed by atoms with van der Waals surface area (Å²) < 4.78 is 15.9. The maximum absolute atomic E-state index is 11.1. The Kier molecular flexibility index (Phi) is 3.64. The molecule has 2 rings (SSSR count). The highest BCUT2D eigenvalue weighted by Crippen LogP contribution is 2.26. The highest BCUT2D eigenvalue weighted by molar-refractivity contribution is 5.79. The van der Waals surface area contributed by atoms with Crippen LogP contribution in [0, 0.1) is 0 Å². The molecule has 92 valence electrons. The molecule has 1 aromatic carbocycles. The number of hydrogen-bond donors (Lipinski definition) is 0. The van der Waals surface area contributed by atoms with Gasteiger partial charge in [-0.05, 0) is 13.0 Å². The smallest absolute Gasteiger partial charge is 0.134 e. The summed E-state index contributed by atoms with van der Waals surface area (Å²) in [7, 11) is 1.59. The first-order valence-corrected chi connectivity index (χ1v) is 5.60. The van der Waals surface area contributed by atoms with Crippen LogP contribution in [-0.4, -0.2) is 32.2 Å². The summed E-state index contributed by atoms with van der Waals surface area (Å²) in [6, 6.07) is 5.52. The lowest BCUT2D eigenvalue weighted by Crippen LogP contribution is -2.05. The molecule has 0 aromatic heterocycles. The largest absolute Gasteiger partial charge is 0.496 e. The van der Waals surface area contributed by atoms with E-state index < -0.39 is 0 Å². The van der Waals surface area contributed by atoms with Crippen LogP contribution in [0.4, 0.5) is 0 Å².